The second-order valence-corrected chi connectivity index (χ2v) is 4.95. The molecule has 21 heavy (non-hydrogen) atoms. The maximum atomic E-state index is 8.81. The summed E-state index contributed by atoms with van der Waals surface area (Å²) in [5.74, 6) is 0.848. The minimum atomic E-state index is 0.610. The van der Waals surface area contributed by atoms with Crippen LogP contribution in [0.5, 0.6) is 0 Å². The largest absolute Gasteiger partial charge is 0.379 e. The summed E-state index contributed by atoms with van der Waals surface area (Å²) >= 11 is 0. The van der Waals surface area contributed by atoms with Crippen molar-refractivity contribution in [3.8, 4) is 6.07 Å². The van der Waals surface area contributed by atoms with E-state index in [1.165, 1.54) is 0 Å². The Balaban J connectivity index is 1.68. The van der Waals surface area contributed by atoms with Crippen LogP contribution in [0.25, 0.3) is 0 Å². The Labute approximate surface area is 122 Å². The third kappa shape index (κ3) is 3.42. The summed E-state index contributed by atoms with van der Waals surface area (Å²) in [5.41, 5.74) is 1.73. The van der Waals surface area contributed by atoms with E-state index in [1.807, 2.05) is 12.1 Å². The Morgan fingerprint density at radius 2 is 1.90 bits per heavy atom. The van der Waals surface area contributed by atoms with Crippen LogP contribution in [0.3, 0.4) is 0 Å². The maximum absolute atomic E-state index is 8.81. The van der Waals surface area contributed by atoms with Gasteiger partial charge in [-0.2, -0.15) is 5.26 Å². The van der Waals surface area contributed by atoms with E-state index in [0.717, 1.165) is 44.2 Å². The summed E-state index contributed by atoms with van der Waals surface area (Å²) in [7, 11) is 0. The Bertz CT molecular complexity index is 624. The van der Waals surface area contributed by atoms with E-state index in [2.05, 4.69) is 26.5 Å². The number of ether oxygens (including phenoxy) is 1. The molecule has 0 saturated carbocycles. The molecule has 0 atom stereocenters. The fraction of sp³-hybridized carbons (Fsp3) is 0.429. The second kappa shape index (κ2) is 6.43. The van der Waals surface area contributed by atoms with Crippen LogP contribution in [0.2, 0.25) is 0 Å². The van der Waals surface area contributed by atoms with E-state index in [4.69, 9.17) is 10.00 Å². The molecule has 1 aromatic heterocycles. The quantitative estimate of drug-likeness (QED) is 0.810. The molecule has 1 aliphatic rings. The first-order valence-electron chi connectivity index (χ1n) is 6.89. The highest BCUT2D eigenvalue weighted by atomic mass is 16.5. The van der Waals surface area contributed by atoms with Gasteiger partial charge in [-0.25, -0.2) is 4.68 Å². The van der Waals surface area contributed by atoms with Crippen LogP contribution in [-0.2, 0) is 17.8 Å². The van der Waals surface area contributed by atoms with Gasteiger partial charge in [-0.1, -0.05) is 12.1 Å². The van der Waals surface area contributed by atoms with Gasteiger partial charge in [-0.05, 0) is 28.1 Å². The van der Waals surface area contributed by atoms with Gasteiger partial charge in [-0.15, -0.1) is 5.10 Å². The lowest BCUT2D eigenvalue weighted by Crippen LogP contribution is -2.36. The lowest BCUT2D eigenvalue weighted by Gasteiger charge is -2.25. The number of benzene rings is 1. The first-order valence-corrected chi connectivity index (χ1v) is 6.89. The fourth-order valence-electron chi connectivity index (χ4n) is 2.28. The number of nitriles is 1. The molecule has 7 heteroatoms. The highest BCUT2D eigenvalue weighted by Crippen LogP contribution is 2.08. The zero-order valence-electron chi connectivity index (χ0n) is 11.6. The van der Waals surface area contributed by atoms with E-state index in [9.17, 15) is 0 Å². The molecule has 108 valence electrons. The number of nitrogens with zero attached hydrogens (tertiary/aromatic N) is 6. The average Bonchev–Trinajstić information content (AvgIpc) is 2.96. The minimum absolute atomic E-state index is 0.610. The Morgan fingerprint density at radius 3 is 2.62 bits per heavy atom. The van der Waals surface area contributed by atoms with Crippen LogP contribution in [0, 0.1) is 11.3 Å². The third-order valence-electron chi connectivity index (χ3n) is 3.49. The summed E-state index contributed by atoms with van der Waals surface area (Å²) in [5, 5.41) is 20.7. The number of tetrazole rings is 1. The van der Waals surface area contributed by atoms with Gasteiger partial charge < -0.3 is 4.74 Å². The molecule has 0 bridgehead atoms. The Morgan fingerprint density at radius 1 is 1.14 bits per heavy atom. The van der Waals surface area contributed by atoms with Crippen LogP contribution in [0.1, 0.15) is 17.0 Å². The van der Waals surface area contributed by atoms with E-state index < -0.39 is 0 Å². The van der Waals surface area contributed by atoms with E-state index >= 15 is 0 Å². The van der Waals surface area contributed by atoms with Crippen molar-refractivity contribution in [1.29, 1.82) is 5.26 Å². The molecular weight excluding hydrogens is 268 g/mol. The molecule has 2 aromatic rings. The fourth-order valence-corrected chi connectivity index (χ4v) is 2.28. The van der Waals surface area contributed by atoms with Gasteiger partial charge in [0.25, 0.3) is 0 Å². The summed E-state index contributed by atoms with van der Waals surface area (Å²) in [4.78, 5) is 2.28. The van der Waals surface area contributed by atoms with Gasteiger partial charge in [0.15, 0.2) is 5.82 Å². The first kappa shape index (κ1) is 13.7. The summed E-state index contributed by atoms with van der Waals surface area (Å²) in [6, 6.07) is 9.59. The molecule has 1 aromatic carbocycles. The lowest BCUT2D eigenvalue weighted by atomic mass is 10.1. The van der Waals surface area contributed by atoms with E-state index in [-0.39, 0.29) is 0 Å². The molecule has 0 aliphatic carbocycles. The minimum Gasteiger partial charge on any atom is -0.379 e. The maximum Gasteiger partial charge on any atom is 0.165 e. The summed E-state index contributed by atoms with van der Waals surface area (Å²) in [6.07, 6.45) is 0. The molecule has 0 spiro atoms. The third-order valence-corrected chi connectivity index (χ3v) is 3.49. The van der Waals surface area contributed by atoms with Crippen molar-refractivity contribution < 1.29 is 4.74 Å². The van der Waals surface area contributed by atoms with E-state index in [1.54, 1.807) is 16.8 Å². The van der Waals surface area contributed by atoms with Crippen molar-refractivity contribution >= 4 is 0 Å². The number of hydrogen-bond acceptors (Lipinski definition) is 6. The topological polar surface area (TPSA) is 79.9 Å². The van der Waals surface area contributed by atoms with Crippen molar-refractivity contribution in [2.75, 3.05) is 26.3 Å². The van der Waals surface area contributed by atoms with Crippen LogP contribution >= 0.6 is 0 Å². The molecule has 0 N–H and O–H groups in total. The molecule has 1 fully saturated rings. The molecule has 0 radical (unpaired) electrons. The van der Waals surface area contributed by atoms with Crippen LogP contribution in [-0.4, -0.2) is 51.4 Å². The van der Waals surface area contributed by atoms with Gasteiger partial charge in [0.1, 0.15) is 0 Å². The van der Waals surface area contributed by atoms with Gasteiger partial charge in [0.05, 0.1) is 37.9 Å². The molecule has 1 saturated heterocycles. The molecule has 3 rings (SSSR count). The van der Waals surface area contributed by atoms with Crippen LogP contribution in [0.15, 0.2) is 24.3 Å². The molecule has 7 nitrogen and oxygen atoms in total. The van der Waals surface area contributed by atoms with Crippen molar-refractivity contribution in [3.05, 3.63) is 41.2 Å². The van der Waals surface area contributed by atoms with Crippen LogP contribution in [0.4, 0.5) is 0 Å². The van der Waals surface area contributed by atoms with Crippen molar-refractivity contribution in [2.45, 2.75) is 13.1 Å². The zero-order chi connectivity index (χ0) is 14.5. The van der Waals surface area contributed by atoms with Gasteiger partial charge in [0.2, 0.25) is 0 Å². The Hall–Kier alpha value is -2.30. The SMILES string of the molecule is N#Cc1ccc(Cn2nnnc2CN2CCOCC2)cc1. The lowest BCUT2D eigenvalue weighted by molar-refractivity contribution is 0.0325. The first-order chi connectivity index (χ1) is 10.3. The predicted molar refractivity (Wildman–Crippen MR) is 74.2 cm³/mol. The number of hydrogen-bond donors (Lipinski definition) is 0. The molecular formula is C14H16N6O. The predicted octanol–water partition coefficient (Wildman–Crippen LogP) is 0.425. The normalized spacial score (nSPS) is 15.8. The summed E-state index contributed by atoms with van der Waals surface area (Å²) in [6.45, 7) is 4.67. The highest BCUT2D eigenvalue weighted by Gasteiger charge is 2.15. The second-order valence-electron chi connectivity index (χ2n) is 4.95. The standard InChI is InChI=1S/C14H16N6O/c15-9-12-1-3-13(4-2-12)10-20-14(16-17-18-20)11-19-5-7-21-8-6-19/h1-4H,5-8,10-11H2. The summed E-state index contributed by atoms with van der Waals surface area (Å²) < 4.78 is 7.14. The molecule has 0 amide bonds. The van der Waals surface area contributed by atoms with Gasteiger partial charge in [0, 0.05) is 13.1 Å². The van der Waals surface area contributed by atoms with Crippen molar-refractivity contribution in [3.63, 3.8) is 0 Å². The average molecular weight is 284 g/mol. The zero-order valence-corrected chi connectivity index (χ0v) is 11.6. The number of aromatic nitrogens is 4. The highest BCUT2D eigenvalue weighted by molar-refractivity contribution is 5.31. The van der Waals surface area contributed by atoms with Gasteiger partial charge >= 0.3 is 0 Å². The van der Waals surface area contributed by atoms with Crippen LogP contribution < -0.4 is 0 Å². The molecule has 0 unspecified atom stereocenters. The molecule has 1 aliphatic heterocycles. The monoisotopic (exact) mass is 284 g/mol. The van der Waals surface area contributed by atoms with Gasteiger partial charge in [-0.3, -0.25) is 4.90 Å². The van der Waals surface area contributed by atoms with Crippen molar-refractivity contribution in [2.24, 2.45) is 0 Å². The number of rotatable bonds is 4. The van der Waals surface area contributed by atoms with Crippen molar-refractivity contribution in [1.82, 2.24) is 25.1 Å². The number of morpholine rings is 1. The van der Waals surface area contributed by atoms with E-state index in [0.29, 0.717) is 12.1 Å². The Kier molecular flexibility index (Phi) is 4.19. The molecule has 2 heterocycles. The smallest absolute Gasteiger partial charge is 0.165 e.